The van der Waals surface area contributed by atoms with Crippen molar-refractivity contribution in [1.29, 1.82) is 0 Å². The summed E-state index contributed by atoms with van der Waals surface area (Å²) >= 11 is 6.35. The van der Waals surface area contributed by atoms with E-state index < -0.39 is 0 Å². The van der Waals surface area contributed by atoms with Gasteiger partial charge in [-0.25, -0.2) is 0 Å². The molecule has 3 rings (SSSR count). The van der Waals surface area contributed by atoms with Crippen molar-refractivity contribution < 1.29 is 9.47 Å². The van der Waals surface area contributed by atoms with Gasteiger partial charge in [0.2, 0.25) is 0 Å². The molecule has 0 atom stereocenters. The van der Waals surface area contributed by atoms with Crippen LogP contribution in [0.3, 0.4) is 0 Å². The van der Waals surface area contributed by atoms with E-state index in [1.54, 1.807) is 0 Å². The zero-order chi connectivity index (χ0) is 14.7. The Morgan fingerprint density at radius 2 is 2.00 bits per heavy atom. The molecule has 2 aliphatic heterocycles. The van der Waals surface area contributed by atoms with E-state index in [2.05, 4.69) is 16.3 Å². The van der Waals surface area contributed by atoms with Crippen molar-refractivity contribution in [2.75, 3.05) is 33.4 Å². The SMILES string of the molecule is CNC1CCN(Cc2cc(Cl)c3c(c2)OCCCO3)CC1. The molecule has 0 radical (unpaired) electrons. The van der Waals surface area contributed by atoms with Crippen molar-refractivity contribution in [2.24, 2.45) is 0 Å². The molecule has 5 heteroatoms. The lowest BCUT2D eigenvalue weighted by molar-refractivity contribution is 0.194. The molecule has 116 valence electrons. The maximum atomic E-state index is 6.35. The summed E-state index contributed by atoms with van der Waals surface area (Å²) in [4.78, 5) is 2.48. The van der Waals surface area contributed by atoms with Gasteiger partial charge >= 0.3 is 0 Å². The number of fused-ring (bicyclic) bond motifs is 1. The van der Waals surface area contributed by atoms with Crippen molar-refractivity contribution >= 4 is 11.6 Å². The van der Waals surface area contributed by atoms with Gasteiger partial charge in [0, 0.05) is 19.0 Å². The van der Waals surface area contributed by atoms with Gasteiger partial charge in [0.15, 0.2) is 11.5 Å². The summed E-state index contributed by atoms with van der Waals surface area (Å²) in [6.45, 7) is 4.53. The zero-order valence-corrected chi connectivity index (χ0v) is 13.3. The molecule has 1 saturated heterocycles. The van der Waals surface area contributed by atoms with Crippen LogP contribution in [-0.2, 0) is 6.54 Å². The van der Waals surface area contributed by atoms with Crippen LogP contribution >= 0.6 is 11.6 Å². The highest BCUT2D eigenvalue weighted by atomic mass is 35.5. The minimum Gasteiger partial charge on any atom is -0.489 e. The largest absolute Gasteiger partial charge is 0.489 e. The molecule has 0 bridgehead atoms. The predicted molar refractivity (Wildman–Crippen MR) is 84.4 cm³/mol. The second kappa shape index (κ2) is 6.86. The summed E-state index contributed by atoms with van der Waals surface area (Å²) in [5, 5.41) is 4.02. The van der Waals surface area contributed by atoms with Gasteiger partial charge in [-0.3, -0.25) is 4.90 Å². The molecule has 1 N–H and O–H groups in total. The summed E-state index contributed by atoms with van der Waals surface area (Å²) < 4.78 is 11.4. The van der Waals surface area contributed by atoms with E-state index in [1.165, 1.54) is 18.4 Å². The predicted octanol–water partition coefficient (Wildman–Crippen LogP) is 2.69. The smallest absolute Gasteiger partial charge is 0.179 e. The maximum absolute atomic E-state index is 6.35. The average molecular weight is 311 g/mol. The lowest BCUT2D eigenvalue weighted by Gasteiger charge is -2.31. The number of likely N-dealkylation sites (tertiary alicyclic amines) is 1. The molecule has 0 aromatic heterocycles. The summed E-state index contributed by atoms with van der Waals surface area (Å²) in [7, 11) is 2.05. The van der Waals surface area contributed by atoms with Crippen molar-refractivity contribution in [1.82, 2.24) is 10.2 Å². The number of piperidine rings is 1. The number of benzene rings is 1. The number of nitrogens with one attached hydrogen (secondary N) is 1. The minimum absolute atomic E-state index is 0.661. The molecule has 0 saturated carbocycles. The van der Waals surface area contributed by atoms with Crippen LogP contribution in [0.5, 0.6) is 11.5 Å². The molecule has 1 aromatic rings. The molecular formula is C16H23ClN2O2. The summed E-state index contributed by atoms with van der Waals surface area (Å²) in [5.41, 5.74) is 1.20. The minimum atomic E-state index is 0.661. The highest BCUT2D eigenvalue weighted by molar-refractivity contribution is 6.32. The summed E-state index contributed by atoms with van der Waals surface area (Å²) in [5.74, 6) is 1.49. The third kappa shape index (κ3) is 3.62. The second-order valence-corrected chi connectivity index (χ2v) is 6.20. The molecule has 0 unspecified atom stereocenters. The van der Waals surface area contributed by atoms with E-state index in [0.717, 1.165) is 31.8 Å². The number of halogens is 1. The Kier molecular flexibility index (Phi) is 4.88. The van der Waals surface area contributed by atoms with Gasteiger partial charge in [-0.2, -0.15) is 0 Å². The van der Waals surface area contributed by atoms with E-state index in [0.29, 0.717) is 30.0 Å². The molecule has 2 aliphatic rings. The lowest BCUT2D eigenvalue weighted by atomic mass is 10.0. The first-order valence-electron chi connectivity index (χ1n) is 7.74. The van der Waals surface area contributed by atoms with Crippen LogP contribution in [-0.4, -0.2) is 44.3 Å². The first-order chi connectivity index (χ1) is 10.3. The van der Waals surface area contributed by atoms with Crippen molar-refractivity contribution in [3.05, 3.63) is 22.7 Å². The number of hydrogen-bond donors (Lipinski definition) is 1. The molecular weight excluding hydrogens is 288 g/mol. The molecule has 0 amide bonds. The van der Waals surface area contributed by atoms with E-state index in [4.69, 9.17) is 21.1 Å². The van der Waals surface area contributed by atoms with Gasteiger partial charge in [-0.1, -0.05) is 11.6 Å². The molecule has 0 spiro atoms. The number of ether oxygens (including phenoxy) is 2. The number of rotatable bonds is 3. The van der Waals surface area contributed by atoms with E-state index >= 15 is 0 Å². The maximum Gasteiger partial charge on any atom is 0.179 e. The Morgan fingerprint density at radius 3 is 2.76 bits per heavy atom. The van der Waals surface area contributed by atoms with Gasteiger partial charge < -0.3 is 14.8 Å². The van der Waals surface area contributed by atoms with Crippen LogP contribution in [0.25, 0.3) is 0 Å². The van der Waals surface area contributed by atoms with E-state index in [9.17, 15) is 0 Å². The molecule has 21 heavy (non-hydrogen) atoms. The molecule has 1 aromatic carbocycles. The van der Waals surface area contributed by atoms with Crippen molar-refractivity contribution in [2.45, 2.75) is 31.8 Å². The monoisotopic (exact) mass is 310 g/mol. The van der Waals surface area contributed by atoms with Crippen LogP contribution in [0.4, 0.5) is 0 Å². The highest BCUT2D eigenvalue weighted by Crippen LogP contribution is 2.38. The molecule has 4 nitrogen and oxygen atoms in total. The third-order valence-corrected chi connectivity index (χ3v) is 4.54. The van der Waals surface area contributed by atoms with E-state index in [1.807, 2.05) is 13.1 Å². The zero-order valence-electron chi connectivity index (χ0n) is 12.5. The fourth-order valence-electron chi connectivity index (χ4n) is 3.01. The van der Waals surface area contributed by atoms with Gasteiger partial charge in [0.1, 0.15) is 0 Å². The van der Waals surface area contributed by atoms with Gasteiger partial charge in [-0.05, 0) is 50.7 Å². The highest BCUT2D eigenvalue weighted by Gasteiger charge is 2.20. The second-order valence-electron chi connectivity index (χ2n) is 5.79. The van der Waals surface area contributed by atoms with Crippen LogP contribution in [0, 0.1) is 0 Å². The summed E-state index contributed by atoms with van der Waals surface area (Å²) in [6, 6.07) is 4.75. The van der Waals surface area contributed by atoms with Gasteiger partial charge in [-0.15, -0.1) is 0 Å². The average Bonchev–Trinajstić information content (AvgIpc) is 2.74. The first-order valence-corrected chi connectivity index (χ1v) is 8.11. The Labute approximate surface area is 131 Å². The molecule has 1 fully saturated rings. The summed E-state index contributed by atoms with van der Waals surface area (Å²) in [6.07, 6.45) is 3.31. The Balaban J connectivity index is 1.69. The van der Waals surface area contributed by atoms with Crippen molar-refractivity contribution in [3.63, 3.8) is 0 Å². The molecule has 0 aliphatic carbocycles. The number of hydrogen-bond acceptors (Lipinski definition) is 4. The first kappa shape index (κ1) is 14.9. The van der Waals surface area contributed by atoms with Crippen LogP contribution in [0.1, 0.15) is 24.8 Å². The Morgan fingerprint density at radius 1 is 1.24 bits per heavy atom. The standard InChI is InChI=1S/C16H23ClN2O2/c1-18-13-3-5-19(6-4-13)11-12-9-14(17)16-15(10-12)20-7-2-8-21-16/h9-10,13,18H,2-8,11H2,1H3. The van der Waals surface area contributed by atoms with Crippen molar-refractivity contribution in [3.8, 4) is 11.5 Å². The fourth-order valence-corrected chi connectivity index (χ4v) is 3.30. The van der Waals surface area contributed by atoms with Crippen LogP contribution < -0.4 is 14.8 Å². The quantitative estimate of drug-likeness (QED) is 0.931. The normalized spacial score (nSPS) is 20.3. The Hall–Kier alpha value is -0.970. The van der Waals surface area contributed by atoms with Crippen LogP contribution in [0.2, 0.25) is 5.02 Å². The fraction of sp³-hybridized carbons (Fsp3) is 0.625. The third-order valence-electron chi connectivity index (χ3n) is 4.26. The molecule has 2 heterocycles. The van der Waals surface area contributed by atoms with Crippen LogP contribution in [0.15, 0.2) is 12.1 Å². The topological polar surface area (TPSA) is 33.7 Å². The van der Waals surface area contributed by atoms with Gasteiger partial charge in [0.25, 0.3) is 0 Å². The Bertz CT molecular complexity index is 487. The lowest BCUT2D eigenvalue weighted by Crippen LogP contribution is -2.40. The number of nitrogens with zero attached hydrogens (tertiary/aromatic N) is 1. The van der Waals surface area contributed by atoms with E-state index in [-0.39, 0.29) is 0 Å². The van der Waals surface area contributed by atoms with Gasteiger partial charge in [0.05, 0.1) is 18.2 Å².